The van der Waals surface area contributed by atoms with Gasteiger partial charge in [0.25, 0.3) is 0 Å². The predicted molar refractivity (Wildman–Crippen MR) is 60.7 cm³/mol. The second kappa shape index (κ2) is 5.26. The Morgan fingerprint density at radius 2 is 2.35 bits per heavy atom. The van der Waals surface area contributed by atoms with E-state index in [1.54, 1.807) is 12.3 Å². The zero-order chi connectivity index (χ0) is 12.1. The Kier molecular flexibility index (Phi) is 3.51. The summed E-state index contributed by atoms with van der Waals surface area (Å²) in [6.45, 7) is 0.505. The van der Waals surface area contributed by atoms with E-state index in [1.807, 2.05) is 6.07 Å². The van der Waals surface area contributed by atoms with Crippen LogP contribution in [-0.2, 0) is 6.42 Å². The van der Waals surface area contributed by atoms with E-state index in [1.165, 1.54) is 0 Å². The zero-order valence-corrected chi connectivity index (χ0v) is 8.98. The first-order valence-electron chi connectivity index (χ1n) is 5.05. The molecule has 0 radical (unpaired) electrons. The molecule has 0 bridgehead atoms. The average molecular weight is 237 g/mol. The van der Waals surface area contributed by atoms with Crippen LogP contribution in [0.25, 0.3) is 0 Å². The minimum atomic E-state index is -0.525. The lowest BCUT2D eigenvalue weighted by molar-refractivity contribution is 0.512. The van der Waals surface area contributed by atoms with Gasteiger partial charge in [0.15, 0.2) is 11.6 Å². The molecule has 2 aromatic heterocycles. The number of furan rings is 1. The fourth-order valence-electron chi connectivity index (χ4n) is 1.32. The Bertz CT molecular complexity index is 474. The number of halogens is 1. The fraction of sp³-hybridized carbons (Fsp3) is 0.200. The van der Waals surface area contributed by atoms with Gasteiger partial charge in [-0.15, -0.1) is 0 Å². The normalized spacial score (nSPS) is 10.2. The molecule has 0 unspecified atom stereocenters. The van der Waals surface area contributed by atoms with Crippen molar-refractivity contribution in [2.45, 2.75) is 6.42 Å². The third-order valence-corrected chi connectivity index (χ3v) is 2.12. The number of rotatable bonds is 5. The first-order chi connectivity index (χ1) is 8.29. The number of nitrogens with one attached hydrogen (secondary N) is 2. The van der Waals surface area contributed by atoms with Gasteiger partial charge in [-0.3, -0.25) is 5.43 Å². The molecule has 0 spiro atoms. The summed E-state index contributed by atoms with van der Waals surface area (Å²) in [7, 11) is 0. The molecular weight excluding hydrogens is 225 g/mol. The van der Waals surface area contributed by atoms with E-state index < -0.39 is 5.82 Å². The summed E-state index contributed by atoms with van der Waals surface area (Å²) in [5, 5.41) is 2.84. The van der Waals surface area contributed by atoms with Gasteiger partial charge in [0.2, 0.25) is 5.95 Å². The Hall–Kier alpha value is -2.15. The highest BCUT2D eigenvalue weighted by Crippen LogP contribution is 2.11. The molecule has 0 aliphatic rings. The highest BCUT2D eigenvalue weighted by Gasteiger charge is 2.05. The van der Waals surface area contributed by atoms with Crippen molar-refractivity contribution in [3.05, 3.63) is 36.2 Å². The van der Waals surface area contributed by atoms with Gasteiger partial charge in [-0.25, -0.2) is 15.2 Å². The molecule has 4 N–H and O–H groups in total. The Labute approximate surface area is 97.0 Å². The first kappa shape index (κ1) is 11.3. The Morgan fingerprint density at radius 3 is 3.06 bits per heavy atom. The lowest BCUT2D eigenvalue weighted by Gasteiger charge is -2.06. The number of hydrazine groups is 1. The molecule has 0 atom stereocenters. The lowest BCUT2D eigenvalue weighted by atomic mass is 10.3. The summed E-state index contributed by atoms with van der Waals surface area (Å²) in [6, 6.07) is 3.65. The molecule has 0 aliphatic carbocycles. The van der Waals surface area contributed by atoms with Crippen molar-refractivity contribution >= 4 is 11.8 Å². The molecule has 17 heavy (non-hydrogen) atoms. The molecular formula is C10H12FN5O. The smallest absolute Gasteiger partial charge is 0.239 e. The van der Waals surface area contributed by atoms with Crippen molar-refractivity contribution in [2.75, 3.05) is 17.3 Å². The quantitative estimate of drug-likeness (QED) is 0.534. The van der Waals surface area contributed by atoms with Gasteiger partial charge < -0.3 is 9.73 Å². The maximum Gasteiger partial charge on any atom is 0.239 e. The van der Waals surface area contributed by atoms with Crippen LogP contribution in [0.15, 0.2) is 29.0 Å². The number of nitrogens with zero attached hydrogens (tertiary/aromatic N) is 2. The van der Waals surface area contributed by atoms with Crippen LogP contribution in [0.1, 0.15) is 5.76 Å². The van der Waals surface area contributed by atoms with Crippen LogP contribution in [0.4, 0.5) is 16.2 Å². The standard InChI is InChI=1S/C10H12FN5O/c11-8-6-14-10(16-12)15-9(8)13-4-3-7-2-1-5-17-7/h1-2,5-6H,3-4,12H2,(H2,13,14,15,16). The molecule has 2 aromatic rings. The highest BCUT2D eigenvalue weighted by molar-refractivity contribution is 5.40. The number of hydrogen-bond donors (Lipinski definition) is 3. The molecule has 0 aliphatic heterocycles. The minimum absolute atomic E-state index is 0.111. The number of aromatic nitrogens is 2. The summed E-state index contributed by atoms with van der Waals surface area (Å²) in [5.41, 5.74) is 2.25. The molecule has 2 heterocycles. The van der Waals surface area contributed by atoms with Crippen LogP contribution in [0.5, 0.6) is 0 Å². The maximum absolute atomic E-state index is 13.3. The van der Waals surface area contributed by atoms with Gasteiger partial charge >= 0.3 is 0 Å². The topological polar surface area (TPSA) is 89.0 Å². The summed E-state index contributed by atoms with van der Waals surface area (Å²) in [5.74, 6) is 5.70. The van der Waals surface area contributed by atoms with E-state index >= 15 is 0 Å². The maximum atomic E-state index is 13.3. The SMILES string of the molecule is NNc1ncc(F)c(NCCc2ccco2)n1. The van der Waals surface area contributed by atoms with E-state index in [9.17, 15) is 4.39 Å². The molecule has 6 nitrogen and oxygen atoms in total. The van der Waals surface area contributed by atoms with Gasteiger partial charge in [0.1, 0.15) is 5.76 Å². The van der Waals surface area contributed by atoms with Crippen LogP contribution >= 0.6 is 0 Å². The molecule has 0 saturated carbocycles. The summed E-state index contributed by atoms with van der Waals surface area (Å²) in [6.07, 6.45) is 3.29. The summed E-state index contributed by atoms with van der Waals surface area (Å²) >= 11 is 0. The number of hydrogen-bond acceptors (Lipinski definition) is 6. The van der Waals surface area contributed by atoms with Crippen molar-refractivity contribution in [2.24, 2.45) is 5.84 Å². The van der Waals surface area contributed by atoms with E-state index in [4.69, 9.17) is 10.3 Å². The van der Waals surface area contributed by atoms with Crippen LogP contribution in [-0.4, -0.2) is 16.5 Å². The van der Waals surface area contributed by atoms with Crippen LogP contribution in [0, 0.1) is 5.82 Å². The monoisotopic (exact) mass is 237 g/mol. The van der Waals surface area contributed by atoms with E-state index in [0.717, 1.165) is 12.0 Å². The van der Waals surface area contributed by atoms with E-state index in [-0.39, 0.29) is 11.8 Å². The number of anilines is 2. The largest absolute Gasteiger partial charge is 0.469 e. The van der Waals surface area contributed by atoms with Crippen LogP contribution in [0.3, 0.4) is 0 Å². The molecule has 0 fully saturated rings. The third-order valence-electron chi connectivity index (χ3n) is 2.12. The second-order valence-corrected chi connectivity index (χ2v) is 3.29. The lowest BCUT2D eigenvalue weighted by Crippen LogP contribution is -2.14. The molecule has 0 aromatic carbocycles. The second-order valence-electron chi connectivity index (χ2n) is 3.29. The zero-order valence-electron chi connectivity index (χ0n) is 8.98. The van der Waals surface area contributed by atoms with Crippen molar-refractivity contribution in [3.63, 3.8) is 0 Å². The minimum Gasteiger partial charge on any atom is -0.469 e. The van der Waals surface area contributed by atoms with Gasteiger partial charge in [0.05, 0.1) is 12.5 Å². The van der Waals surface area contributed by atoms with E-state index in [2.05, 4.69) is 20.7 Å². The van der Waals surface area contributed by atoms with Crippen molar-refractivity contribution in [3.8, 4) is 0 Å². The molecule has 7 heteroatoms. The van der Waals surface area contributed by atoms with Crippen LogP contribution < -0.4 is 16.6 Å². The van der Waals surface area contributed by atoms with E-state index in [0.29, 0.717) is 13.0 Å². The number of nitrogen functional groups attached to an aromatic ring is 1. The molecule has 90 valence electrons. The molecule has 2 rings (SSSR count). The van der Waals surface area contributed by atoms with Crippen molar-refractivity contribution < 1.29 is 8.81 Å². The van der Waals surface area contributed by atoms with Crippen LogP contribution in [0.2, 0.25) is 0 Å². The van der Waals surface area contributed by atoms with Crippen molar-refractivity contribution in [1.29, 1.82) is 0 Å². The fourth-order valence-corrected chi connectivity index (χ4v) is 1.32. The first-order valence-corrected chi connectivity index (χ1v) is 5.05. The van der Waals surface area contributed by atoms with Gasteiger partial charge in [-0.05, 0) is 12.1 Å². The molecule has 0 amide bonds. The van der Waals surface area contributed by atoms with Gasteiger partial charge in [0, 0.05) is 13.0 Å². The highest BCUT2D eigenvalue weighted by atomic mass is 19.1. The molecule has 0 saturated heterocycles. The van der Waals surface area contributed by atoms with Crippen molar-refractivity contribution in [1.82, 2.24) is 9.97 Å². The third kappa shape index (κ3) is 2.91. The Balaban J connectivity index is 1.94. The summed E-state index contributed by atoms with van der Waals surface area (Å²) < 4.78 is 18.4. The predicted octanol–water partition coefficient (Wildman–Crippen LogP) is 1.15. The van der Waals surface area contributed by atoms with Gasteiger partial charge in [-0.2, -0.15) is 4.98 Å². The number of nitrogens with two attached hydrogens (primary N) is 1. The average Bonchev–Trinajstić information content (AvgIpc) is 2.84. The summed E-state index contributed by atoms with van der Waals surface area (Å²) in [4.78, 5) is 7.48. The van der Waals surface area contributed by atoms with Gasteiger partial charge in [-0.1, -0.05) is 0 Å². The Morgan fingerprint density at radius 1 is 1.47 bits per heavy atom.